The molecule has 1 aromatic heterocycles. The zero-order valence-electron chi connectivity index (χ0n) is 13.4. The molecule has 2 N–H and O–H groups in total. The summed E-state index contributed by atoms with van der Waals surface area (Å²) < 4.78 is 1.75. The quantitative estimate of drug-likeness (QED) is 0.904. The van der Waals surface area contributed by atoms with E-state index >= 15 is 0 Å². The van der Waals surface area contributed by atoms with Gasteiger partial charge in [-0.15, -0.1) is 0 Å². The van der Waals surface area contributed by atoms with E-state index in [-0.39, 0.29) is 5.41 Å². The molecule has 2 aromatic rings. The highest BCUT2D eigenvalue weighted by Gasteiger charge is 2.24. The zero-order valence-corrected chi connectivity index (χ0v) is 14.2. The molecule has 4 heteroatoms. The highest BCUT2D eigenvalue weighted by atomic mass is 35.5. The molecule has 2 rings (SSSR count). The van der Waals surface area contributed by atoms with Crippen molar-refractivity contribution >= 4 is 17.4 Å². The predicted octanol–water partition coefficient (Wildman–Crippen LogP) is 4.55. The molecule has 0 spiro atoms. The second kappa shape index (κ2) is 5.72. The van der Waals surface area contributed by atoms with E-state index in [2.05, 4.69) is 32.8 Å². The number of rotatable bonds is 3. The Morgan fingerprint density at radius 1 is 1.33 bits per heavy atom. The molecule has 1 unspecified atom stereocenters. The number of benzene rings is 1. The lowest BCUT2D eigenvalue weighted by molar-refractivity contribution is 0.258. The second-order valence-corrected chi connectivity index (χ2v) is 7.25. The summed E-state index contributed by atoms with van der Waals surface area (Å²) in [6.45, 7) is 9.02. The molecule has 1 atom stereocenters. The summed E-state index contributed by atoms with van der Waals surface area (Å²) in [6, 6.07) is 7.79. The summed E-state index contributed by atoms with van der Waals surface area (Å²) in [7, 11) is 1.88. The van der Waals surface area contributed by atoms with Crippen LogP contribution in [0.1, 0.15) is 33.4 Å². The Labute approximate surface area is 132 Å². The Balaban J connectivity index is 2.46. The van der Waals surface area contributed by atoms with Crippen LogP contribution in [0, 0.1) is 11.3 Å². The van der Waals surface area contributed by atoms with E-state index in [1.54, 1.807) is 4.68 Å². The van der Waals surface area contributed by atoms with Gasteiger partial charge in [0.1, 0.15) is 5.82 Å². The predicted molar refractivity (Wildman–Crippen MR) is 90.4 cm³/mol. The van der Waals surface area contributed by atoms with Crippen molar-refractivity contribution in [1.82, 2.24) is 9.78 Å². The molecule has 1 aromatic carbocycles. The van der Waals surface area contributed by atoms with Crippen LogP contribution in [-0.2, 0) is 13.5 Å². The number of aromatic nitrogens is 2. The average molecular weight is 306 g/mol. The van der Waals surface area contributed by atoms with E-state index < -0.39 is 0 Å². The van der Waals surface area contributed by atoms with Crippen molar-refractivity contribution in [3.8, 4) is 11.1 Å². The highest BCUT2D eigenvalue weighted by molar-refractivity contribution is 6.30. The Morgan fingerprint density at radius 2 is 2.00 bits per heavy atom. The van der Waals surface area contributed by atoms with Crippen LogP contribution < -0.4 is 5.73 Å². The van der Waals surface area contributed by atoms with E-state index in [4.69, 9.17) is 17.3 Å². The Bertz CT molecular complexity index is 638. The first-order chi connectivity index (χ1) is 9.70. The summed E-state index contributed by atoms with van der Waals surface area (Å²) in [5, 5.41) is 5.33. The highest BCUT2D eigenvalue weighted by Crippen LogP contribution is 2.35. The Morgan fingerprint density at radius 3 is 2.57 bits per heavy atom. The van der Waals surface area contributed by atoms with E-state index in [0.717, 1.165) is 23.2 Å². The van der Waals surface area contributed by atoms with Gasteiger partial charge in [-0.1, -0.05) is 51.4 Å². The van der Waals surface area contributed by atoms with E-state index in [1.165, 1.54) is 0 Å². The third kappa shape index (κ3) is 3.41. The van der Waals surface area contributed by atoms with Crippen molar-refractivity contribution < 1.29 is 0 Å². The largest absolute Gasteiger partial charge is 0.383 e. The van der Waals surface area contributed by atoms with Crippen LogP contribution in [0.3, 0.4) is 0 Å². The third-order valence-corrected chi connectivity index (χ3v) is 4.49. The lowest BCUT2D eigenvalue weighted by Gasteiger charge is -2.26. The number of aryl methyl sites for hydroxylation is 1. The van der Waals surface area contributed by atoms with Crippen molar-refractivity contribution in [1.29, 1.82) is 0 Å². The van der Waals surface area contributed by atoms with Crippen molar-refractivity contribution in [3.63, 3.8) is 0 Å². The fourth-order valence-corrected chi connectivity index (χ4v) is 2.48. The third-order valence-electron chi connectivity index (χ3n) is 4.26. The number of anilines is 1. The molecule has 0 radical (unpaired) electrons. The fraction of sp³-hybridized carbons (Fsp3) is 0.471. The minimum Gasteiger partial charge on any atom is -0.383 e. The van der Waals surface area contributed by atoms with Crippen LogP contribution in [0.5, 0.6) is 0 Å². The molecular formula is C17H24ClN3. The molecule has 0 bridgehead atoms. The monoisotopic (exact) mass is 305 g/mol. The van der Waals surface area contributed by atoms with Gasteiger partial charge in [-0.2, -0.15) is 5.10 Å². The van der Waals surface area contributed by atoms with Crippen LogP contribution in [0.25, 0.3) is 11.1 Å². The first-order valence-corrected chi connectivity index (χ1v) is 7.65. The molecule has 0 fully saturated rings. The minimum absolute atomic E-state index is 0.234. The number of hydrogen-bond donors (Lipinski definition) is 1. The van der Waals surface area contributed by atoms with E-state index in [0.29, 0.717) is 16.8 Å². The molecule has 21 heavy (non-hydrogen) atoms. The van der Waals surface area contributed by atoms with Crippen LogP contribution in [0.15, 0.2) is 24.3 Å². The van der Waals surface area contributed by atoms with Gasteiger partial charge in [-0.25, -0.2) is 0 Å². The van der Waals surface area contributed by atoms with Gasteiger partial charge in [0.15, 0.2) is 0 Å². The van der Waals surface area contributed by atoms with Gasteiger partial charge in [0, 0.05) is 17.6 Å². The van der Waals surface area contributed by atoms with Gasteiger partial charge < -0.3 is 5.73 Å². The molecule has 3 nitrogen and oxygen atoms in total. The van der Waals surface area contributed by atoms with E-state index in [9.17, 15) is 0 Å². The lowest BCUT2D eigenvalue weighted by atomic mass is 9.79. The summed E-state index contributed by atoms with van der Waals surface area (Å²) in [5.74, 6) is 1.19. The van der Waals surface area contributed by atoms with Crippen LogP contribution in [0.4, 0.5) is 5.82 Å². The standard InChI is InChI=1S/C17H24ClN3/c1-11(17(2,3)4)9-14-15(16(19)21(5)20-14)12-7-6-8-13(18)10-12/h6-8,10-11H,9,19H2,1-5H3. The lowest BCUT2D eigenvalue weighted by Crippen LogP contribution is -2.20. The SMILES string of the molecule is CC(Cc1nn(C)c(N)c1-c1cccc(Cl)c1)C(C)(C)C. The van der Waals surface area contributed by atoms with Crippen molar-refractivity contribution in [2.75, 3.05) is 5.73 Å². The molecule has 0 aliphatic rings. The maximum Gasteiger partial charge on any atom is 0.129 e. The van der Waals surface area contributed by atoms with Crippen molar-refractivity contribution in [3.05, 3.63) is 35.0 Å². The first kappa shape index (κ1) is 15.9. The van der Waals surface area contributed by atoms with Gasteiger partial charge in [0.05, 0.1) is 5.69 Å². The molecule has 0 amide bonds. The Hall–Kier alpha value is -1.48. The number of hydrogen-bond acceptors (Lipinski definition) is 2. The van der Waals surface area contributed by atoms with Crippen LogP contribution >= 0.6 is 11.6 Å². The van der Waals surface area contributed by atoms with Gasteiger partial charge in [-0.3, -0.25) is 4.68 Å². The first-order valence-electron chi connectivity index (χ1n) is 7.27. The summed E-state index contributed by atoms with van der Waals surface area (Å²) in [5.41, 5.74) is 9.55. The Kier molecular flexibility index (Phi) is 4.33. The van der Waals surface area contributed by atoms with Crippen molar-refractivity contribution in [2.24, 2.45) is 18.4 Å². The summed E-state index contributed by atoms with van der Waals surface area (Å²) in [6.07, 6.45) is 0.899. The minimum atomic E-state index is 0.234. The summed E-state index contributed by atoms with van der Waals surface area (Å²) in [4.78, 5) is 0. The van der Waals surface area contributed by atoms with Gasteiger partial charge >= 0.3 is 0 Å². The number of nitrogens with two attached hydrogens (primary N) is 1. The normalized spacial score (nSPS) is 13.4. The van der Waals surface area contributed by atoms with Gasteiger partial charge in [0.2, 0.25) is 0 Å². The fourth-order valence-electron chi connectivity index (χ4n) is 2.29. The molecular weight excluding hydrogens is 282 g/mol. The zero-order chi connectivity index (χ0) is 15.8. The second-order valence-electron chi connectivity index (χ2n) is 6.81. The van der Waals surface area contributed by atoms with Crippen LogP contribution in [0.2, 0.25) is 5.02 Å². The van der Waals surface area contributed by atoms with Gasteiger partial charge in [0.25, 0.3) is 0 Å². The van der Waals surface area contributed by atoms with Crippen LogP contribution in [-0.4, -0.2) is 9.78 Å². The maximum atomic E-state index is 6.23. The van der Waals surface area contributed by atoms with Gasteiger partial charge in [-0.05, 0) is 35.4 Å². The van der Waals surface area contributed by atoms with Crippen molar-refractivity contribution in [2.45, 2.75) is 34.1 Å². The van der Waals surface area contributed by atoms with E-state index in [1.807, 2.05) is 31.3 Å². The molecule has 114 valence electrons. The molecule has 0 saturated carbocycles. The number of nitrogens with zero attached hydrogens (tertiary/aromatic N) is 2. The molecule has 1 heterocycles. The number of halogens is 1. The number of nitrogen functional groups attached to an aromatic ring is 1. The molecule has 0 saturated heterocycles. The maximum absolute atomic E-state index is 6.23. The average Bonchev–Trinajstić information content (AvgIpc) is 2.63. The topological polar surface area (TPSA) is 43.8 Å². The smallest absolute Gasteiger partial charge is 0.129 e. The summed E-state index contributed by atoms with van der Waals surface area (Å²) >= 11 is 6.12. The molecule has 0 aliphatic carbocycles. The molecule has 0 aliphatic heterocycles.